The summed E-state index contributed by atoms with van der Waals surface area (Å²) in [4.78, 5) is 9.90. The van der Waals surface area contributed by atoms with E-state index in [9.17, 15) is 24.3 Å². The van der Waals surface area contributed by atoms with Gasteiger partial charge >= 0.3 is 57.1 Å². The minimum atomic E-state index is -2.66. The van der Waals surface area contributed by atoms with Crippen LogP contribution in [0.2, 0.25) is 0 Å². The number of halogens is 2. The topological polar surface area (TPSA) is 95.3 Å². The minimum Gasteiger partial charge on any atom is -0.483 e. The third-order valence-electron chi connectivity index (χ3n) is 3.10. The summed E-state index contributed by atoms with van der Waals surface area (Å²) in [5.74, 6) is 0.117. The van der Waals surface area contributed by atoms with E-state index < -0.39 is 23.8 Å². The number of nitro groups is 1. The van der Waals surface area contributed by atoms with Crippen molar-refractivity contribution in [2.75, 3.05) is 6.54 Å². The molecule has 0 saturated heterocycles. The summed E-state index contributed by atoms with van der Waals surface area (Å²) in [5, 5.41) is 26.8. The summed E-state index contributed by atoms with van der Waals surface area (Å²) in [6.07, 6.45) is 0.769. The molecule has 1 heterocycles. The van der Waals surface area contributed by atoms with Crippen molar-refractivity contribution in [1.29, 1.82) is 0 Å². The van der Waals surface area contributed by atoms with Crippen LogP contribution in [0.15, 0.2) is 12.4 Å². The van der Waals surface area contributed by atoms with Gasteiger partial charge in [0.1, 0.15) is 12.4 Å². The van der Waals surface area contributed by atoms with Gasteiger partial charge in [0, 0.05) is 6.42 Å². The van der Waals surface area contributed by atoms with E-state index in [0.29, 0.717) is 12.5 Å². The van der Waals surface area contributed by atoms with Crippen LogP contribution in [0.3, 0.4) is 0 Å². The average molecular weight is 325 g/mol. The Labute approximate surface area is 162 Å². The summed E-state index contributed by atoms with van der Waals surface area (Å²) in [6.45, 7) is 0.509. The average Bonchev–Trinajstić information content (AvgIpc) is 3.07. The van der Waals surface area contributed by atoms with Crippen molar-refractivity contribution >= 4 is 11.5 Å². The molecule has 1 aromatic heterocycles. The summed E-state index contributed by atoms with van der Waals surface area (Å²) >= 11 is 0. The molecule has 1 aliphatic rings. The Kier molecular flexibility index (Phi) is 7.34. The van der Waals surface area contributed by atoms with Crippen LogP contribution >= 0.6 is 0 Å². The second kappa shape index (κ2) is 8.27. The number of nitrogens with zero attached hydrogens (tertiary/aromatic N) is 4. The molecular formula is C11H14F2KN5O2. The molecule has 1 aromatic rings. The fourth-order valence-corrected chi connectivity index (χ4v) is 1.80. The Morgan fingerprint density at radius 2 is 2.29 bits per heavy atom. The number of rotatable bonds is 7. The summed E-state index contributed by atoms with van der Waals surface area (Å²) < 4.78 is 26.1. The molecule has 1 unspecified atom stereocenters. The van der Waals surface area contributed by atoms with Crippen LogP contribution in [0.1, 0.15) is 25.3 Å². The molecule has 2 rings (SSSR count). The van der Waals surface area contributed by atoms with Gasteiger partial charge in [0.05, 0.1) is 11.0 Å². The second-order valence-corrected chi connectivity index (χ2v) is 4.79. The first-order chi connectivity index (χ1) is 9.47. The van der Waals surface area contributed by atoms with Crippen LogP contribution in [0, 0.1) is 16.0 Å². The van der Waals surface area contributed by atoms with Gasteiger partial charge in [-0.15, -0.1) is 0 Å². The number of nitrogens with one attached hydrogen (secondary N) is 1. The molecule has 1 aliphatic carbocycles. The maximum atomic E-state index is 12.6. The molecule has 10 heteroatoms. The fourth-order valence-electron chi connectivity index (χ4n) is 1.80. The van der Waals surface area contributed by atoms with Gasteiger partial charge in [0.15, 0.2) is 0 Å². The molecular weight excluding hydrogens is 311 g/mol. The molecule has 7 nitrogen and oxygen atoms in total. The van der Waals surface area contributed by atoms with Gasteiger partial charge in [0.25, 0.3) is 0 Å². The number of aromatic nitrogens is 2. The quantitative estimate of drug-likeness (QED) is 0.228. The van der Waals surface area contributed by atoms with E-state index in [4.69, 9.17) is 0 Å². The first-order valence-electron chi connectivity index (χ1n) is 6.23. The number of amidine groups is 1. The van der Waals surface area contributed by atoms with Crippen LogP contribution in [0.5, 0.6) is 0 Å². The van der Waals surface area contributed by atoms with E-state index in [2.05, 4.69) is 10.4 Å². The van der Waals surface area contributed by atoms with Crippen molar-refractivity contribution in [3.63, 3.8) is 0 Å². The fraction of sp³-hybridized carbons (Fsp3) is 0.636. The molecule has 0 amide bonds. The summed E-state index contributed by atoms with van der Waals surface area (Å²) in [6, 6.07) is -1.12. The molecule has 1 atom stereocenters. The number of alkyl halides is 2. The molecule has 0 spiro atoms. The summed E-state index contributed by atoms with van der Waals surface area (Å²) in [5.41, 5.74) is -0.306. The molecule has 110 valence electrons. The molecule has 0 bridgehead atoms. The van der Waals surface area contributed by atoms with Crippen LogP contribution in [0.25, 0.3) is 5.41 Å². The molecule has 1 saturated carbocycles. The van der Waals surface area contributed by atoms with Crippen LogP contribution < -0.4 is 56.7 Å². The minimum absolute atomic E-state index is 0. The number of hydrogen-bond acceptors (Lipinski definition) is 3. The number of hydrogen-bond donors (Lipinski definition) is 1. The van der Waals surface area contributed by atoms with Gasteiger partial charge in [-0.05, 0) is 5.92 Å². The zero-order chi connectivity index (χ0) is 14.7. The Morgan fingerprint density at radius 3 is 2.76 bits per heavy atom. The molecule has 0 radical (unpaired) electrons. The van der Waals surface area contributed by atoms with Crippen LogP contribution in [0.4, 0.5) is 14.5 Å². The van der Waals surface area contributed by atoms with E-state index in [0.717, 1.165) is 29.9 Å². The molecule has 1 fully saturated rings. The zero-order valence-electron chi connectivity index (χ0n) is 11.6. The van der Waals surface area contributed by atoms with Crippen molar-refractivity contribution in [3.8, 4) is 0 Å². The van der Waals surface area contributed by atoms with Crippen molar-refractivity contribution in [3.05, 3.63) is 27.9 Å². The third-order valence-corrected chi connectivity index (χ3v) is 3.10. The predicted molar refractivity (Wildman–Crippen MR) is 67.6 cm³/mol. The molecule has 1 N–H and O–H groups in total. The molecule has 0 aliphatic heterocycles. The molecule has 21 heavy (non-hydrogen) atoms. The molecule has 0 aromatic carbocycles. The van der Waals surface area contributed by atoms with E-state index in [1.165, 1.54) is 0 Å². The van der Waals surface area contributed by atoms with Gasteiger partial charge in [-0.25, -0.2) is 8.78 Å². The standard InChI is InChI=1S/C11H14F2N5O2.K/c12-10(13)3-9(11(14)15-4-7-1-2-7)17-6-8(5-16-17)18(19)20;/h5-7,9-10H,1-4H2,(H-,14,15);/q-1;+1. The van der Waals surface area contributed by atoms with Gasteiger partial charge in [0.2, 0.25) is 6.43 Å². The Morgan fingerprint density at radius 1 is 1.62 bits per heavy atom. The van der Waals surface area contributed by atoms with Crippen molar-refractivity contribution in [1.82, 2.24) is 15.1 Å². The monoisotopic (exact) mass is 325 g/mol. The second-order valence-electron chi connectivity index (χ2n) is 4.79. The maximum Gasteiger partial charge on any atom is 1.00 e. The van der Waals surface area contributed by atoms with Crippen molar-refractivity contribution in [2.24, 2.45) is 5.92 Å². The smallest absolute Gasteiger partial charge is 0.483 e. The van der Waals surface area contributed by atoms with E-state index in [-0.39, 0.29) is 62.9 Å². The van der Waals surface area contributed by atoms with Gasteiger partial charge in [-0.3, -0.25) is 14.8 Å². The Hall–Kier alpha value is -0.424. The van der Waals surface area contributed by atoms with Gasteiger partial charge < -0.3 is 10.7 Å². The third kappa shape index (κ3) is 5.70. The van der Waals surface area contributed by atoms with Crippen LogP contribution in [-0.4, -0.2) is 33.5 Å². The van der Waals surface area contributed by atoms with E-state index >= 15 is 0 Å². The first-order valence-corrected chi connectivity index (χ1v) is 6.23. The van der Waals surface area contributed by atoms with Crippen molar-refractivity contribution < 1.29 is 65.1 Å². The van der Waals surface area contributed by atoms with Gasteiger partial charge in [-0.2, -0.15) is 5.10 Å². The predicted octanol–water partition coefficient (Wildman–Crippen LogP) is -1.04. The van der Waals surface area contributed by atoms with Gasteiger partial charge in [-0.1, -0.05) is 25.2 Å². The van der Waals surface area contributed by atoms with E-state index in [1.54, 1.807) is 0 Å². The normalized spacial score (nSPS) is 15.4. The zero-order valence-corrected chi connectivity index (χ0v) is 14.7. The maximum absolute atomic E-state index is 12.6. The Bertz CT molecular complexity index is 507. The SMILES string of the molecule is [K+].[N-]=C(NCC1CC1)C(CC(F)F)n1cc([N+](=O)[O-])cn1. The Balaban J connectivity index is 0.00000220. The summed E-state index contributed by atoms with van der Waals surface area (Å²) in [7, 11) is 0. The largest absolute Gasteiger partial charge is 1.00 e. The van der Waals surface area contributed by atoms with E-state index in [1.807, 2.05) is 0 Å². The van der Waals surface area contributed by atoms with Crippen molar-refractivity contribution in [2.45, 2.75) is 31.7 Å². The first kappa shape index (κ1) is 18.6. The van der Waals surface area contributed by atoms with Crippen LogP contribution in [-0.2, 0) is 0 Å².